The molecule has 0 bridgehead atoms. The van der Waals surface area contributed by atoms with E-state index in [1.54, 1.807) is 34.9 Å². The fourth-order valence-corrected chi connectivity index (χ4v) is 2.77. The molecule has 102 valence electrons. The van der Waals surface area contributed by atoms with Gasteiger partial charge in [-0.1, -0.05) is 6.07 Å². The summed E-state index contributed by atoms with van der Waals surface area (Å²) in [6, 6.07) is 6.94. The van der Waals surface area contributed by atoms with Gasteiger partial charge in [-0.2, -0.15) is 5.10 Å². The Balaban J connectivity index is 1.91. The number of halogens is 1. The standard InChI is InChI=1S/C13H17FN4S/c1-15-11(7-13-16-9-17-18(13)2)8-19-12-5-3-4-10(14)6-12/h3-6,9,11,15H,7-8H2,1-2H3. The molecule has 0 radical (unpaired) electrons. The first-order chi connectivity index (χ1) is 9.19. The molecule has 1 heterocycles. The second-order valence-electron chi connectivity index (χ2n) is 4.26. The average molecular weight is 280 g/mol. The van der Waals surface area contributed by atoms with Crippen molar-refractivity contribution in [2.75, 3.05) is 12.8 Å². The predicted octanol–water partition coefficient (Wildman–Crippen LogP) is 1.88. The molecule has 0 spiro atoms. The Kier molecular flexibility index (Phi) is 4.93. The highest BCUT2D eigenvalue weighted by Crippen LogP contribution is 2.20. The molecule has 4 nitrogen and oxygen atoms in total. The van der Waals surface area contributed by atoms with Crippen molar-refractivity contribution >= 4 is 11.8 Å². The minimum atomic E-state index is -0.195. The molecule has 0 aliphatic heterocycles. The summed E-state index contributed by atoms with van der Waals surface area (Å²) in [5.41, 5.74) is 0. The minimum Gasteiger partial charge on any atom is -0.316 e. The average Bonchev–Trinajstić information content (AvgIpc) is 2.80. The van der Waals surface area contributed by atoms with Gasteiger partial charge in [0, 0.05) is 30.2 Å². The number of aryl methyl sites for hydroxylation is 1. The van der Waals surface area contributed by atoms with Crippen LogP contribution in [0.2, 0.25) is 0 Å². The smallest absolute Gasteiger partial charge is 0.138 e. The highest BCUT2D eigenvalue weighted by atomic mass is 32.2. The maximum atomic E-state index is 13.1. The fourth-order valence-electron chi connectivity index (χ4n) is 1.72. The van der Waals surface area contributed by atoms with E-state index in [2.05, 4.69) is 15.4 Å². The van der Waals surface area contributed by atoms with Crippen molar-refractivity contribution in [1.82, 2.24) is 20.1 Å². The van der Waals surface area contributed by atoms with Crippen LogP contribution in [0.3, 0.4) is 0 Å². The van der Waals surface area contributed by atoms with E-state index in [1.165, 1.54) is 6.07 Å². The van der Waals surface area contributed by atoms with Gasteiger partial charge >= 0.3 is 0 Å². The summed E-state index contributed by atoms with van der Waals surface area (Å²) in [6.07, 6.45) is 2.36. The van der Waals surface area contributed by atoms with Crippen LogP contribution in [0.4, 0.5) is 4.39 Å². The van der Waals surface area contributed by atoms with Gasteiger partial charge in [-0.05, 0) is 25.2 Å². The first kappa shape index (κ1) is 14.0. The third-order valence-corrected chi connectivity index (χ3v) is 4.05. The number of hydrogen-bond acceptors (Lipinski definition) is 4. The quantitative estimate of drug-likeness (QED) is 0.820. The number of nitrogens with one attached hydrogen (secondary N) is 1. The molecule has 0 aliphatic carbocycles. The second kappa shape index (κ2) is 6.68. The summed E-state index contributed by atoms with van der Waals surface area (Å²) in [4.78, 5) is 5.16. The Labute approximate surface area is 116 Å². The first-order valence-electron chi connectivity index (χ1n) is 6.07. The Hall–Kier alpha value is -1.40. The number of rotatable bonds is 6. The molecular formula is C13H17FN4S. The van der Waals surface area contributed by atoms with Gasteiger partial charge in [-0.3, -0.25) is 4.68 Å². The second-order valence-corrected chi connectivity index (χ2v) is 5.35. The monoisotopic (exact) mass is 280 g/mol. The molecule has 0 aliphatic rings. The number of nitrogens with zero attached hydrogens (tertiary/aromatic N) is 3. The minimum absolute atomic E-state index is 0.195. The summed E-state index contributed by atoms with van der Waals surface area (Å²) < 4.78 is 14.9. The van der Waals surface area contributed by atoms with E-state index in [9.17, 15) is 4.39 Å². The summed E-state index contributed by atoms with van der Waals surface area (Å²) in [7, 11) is 3.81. The van der Waals surface area contributed by atoms with Crippen LogP contribution >= 0.6 is 11.8 Å². The molecule has 0 fully saturated rings. The van der Waals surface area contributed by atoms with Crippen molar-refractivity contribution in [3.05, 3.63) is 42.2 Å². The van der Waals surface area contributed by atoms with Crippen LogP contribution in [0.25, 0.3) is 0 Å². The summed E-state index contributed by atoms with van der Waals surface area (Å²) in [5, 5.41) is 7.31. The Morgan fingerprint density at radius 3 is 2.95 bits per heavy atom. The lowest BCUT2D eigenvalue weighted by atomic mass is 10.2. The van der Waals surface area contributed by atoms with Gasteiger partial charge in [0.05, 0.1) is 0 Å². The summed E-state index contributed by atoms with van der Waals surface area (Å²) in [5.74, 6) is 1.60. The van der Waals surface area contributed by atoms with Crippen LogP contribution in [0.15, 0.2) is 35.5 Å². The zero-order valence-corrected chi connectivity index (χ0v) is 11.8. The number of likely N-dealkylation sites (N-methyl/N-ethyl adjacent to an activating group) is 1. The van der Waals surface area contributed by atoms with E-state index in [0.29, 0.717) is 0 Å². The van der Waals surface area contributed by atoms with Crippen molar-refractivity contribution in [2.24, 2.45) is 7.05 Å². The SMILES string of the molecule is CNC(CSc1cccc(F)c1)Cc1ncnn1C. The number of aromatic nitrogens is 3. The van der Waals surface area contributed by atoms with Gasteiger partial charge in [0.1, 0.15) is 18.0 Å². The Morgan fingerprint density at radius 1 is 1.47 bits per heavy atom. The molecule has 1 aromatic carbocycles. The molecule has 1 atom stereocenters. The molecule has 2 aromatic rings. The van der Waals surface area contributed by atoms with E-state index in [0.717, 1.165) is 22.9 Å². The molecule has 6 heteroatoms. The van der Waals surface area contributed by atoms with Crippen molar-refractivity contribution in [2.45, 2.75) is 17.4 Å². The van der Waals surface area contributed by atoms with E-state index in [1.807, 2.05) is 20.2 Å². The van der Waals surface area contributed by atoms with Crippen LogP contribution in [0.1, 0.15) is 5.82 Å². The van der Waals surface area contributed by atoms with Gasteiger partial charge in [-0.15, -0.1) is 11.8 Å². The third kappa shape index (κ3) is 4.04. The van der Waals surface area contributed by atoms with Crippen molar-refractivity contribution < 1.29 is 4.39 Å². The number of thioether (sulfide) groups is 1. The lowest BCUT2D eigenvalue weighted by Gasteiger charge is -2.15. The molecule has 19 heavy (non-hydrogen) atoms. The number of benzene rings is 1. The van der Waals surface area contributed by atoms with E-state index in [-0.39, 0.29) is 11.9 Å². The van der Waals surface area contributed by atoms with Crippen LogP contribution < -0.4 is 5.32 Å². The summed E-state index contributed by atoms with van der Waals surface area (Å²) in [6.45, 7) is 0. The molecule has 0 amide bonds. The maximum absolute atomic E-state index is 13.1. The molecule has 1 N–H and O–H groups in total. The third-order valence-electron chi connectivity index (χ3n) is 2.89. The molecular weight excluding hydrogens is 263 g/mol. The van der Waals surface area contributed by atoms with Gasteiger partial charge in [-0.25, -0.2) is 9.37 Å². The van der Waals surface area contributed by atoms with Crippen LogP contribution in [0.5, 0.6) is 0 Å². The fraction of sp³-hybridized carbons (Fsp3) is 0.385. The highest BCUT2D eigenvalue weighted by molar-refractivity contribution is 7.99. The van der Waals surface area contributed by atoms with Crippen molar-refractivity contribution in [3.8, 4) is 0 Å². The molecule has 1 unspecified atom stereocenters. The molecule has 0 saturated carbocycles. The van der Waals surface area contributed by atoms with Gasteiger partial charge < -0.3 is 5.32 Å². The zero-order valence-electron chi connectivity index (χ0n) is 11.0. The molecule has 2 rings (SSSR count). The van der Waals surface area contributed by atoms with Crippen molar-refractivity contribution in [3.63, 3.8) is 0 Å². The molecule has 0 saturated heterocycles. The predicted molar refractivity (Wildman–Crippen MR) is 74.7 cm³/mol. The Morgan fingerprint density at radius 2 is 2.32 bits per heavy atom. The maximum Gasteiger partial charge on any atom is 0.138 e. The largest absolute Gasteiger partial charge is 0.316 e. The van der Waals surface area contributed by atoms with E-state index >= 15 is 0 Å². The number of hydrogen-bond donors (Lipinski definition) is 1. The van der Waals surface area contributed by atoms with Crippen LogP contribution in [-0.4, -0.2) is 33.6 Å². The Bertz CT molecular complexity index is 529. The van der Waals surface area contributed by atoms with Crippen LogP contribution in [-0.2, 0) is 13.5 Å². The zero-order chi connectivity index (χ0) is 13.7. The lowest BCUT2D eigenvalue weighted by Crippen LogP contribution is -2.31. The first-order valence-corrected chi connectivity index (χ1v) is 7.06. The van der Waals surface area contributed by atoms with Crippen molar-refractivity contribution in [1.29, 1.82) is 0 Å². The lowest BCUT2D eigenvalue weighted by molar-refractivity contribution is 0.573. The van der Waals surface area contributed by atoms with Gasteiger partial charge in [0.2, 0.25) is 0 Å². The van der Waals surface area contributed by atoms with E-state index < -0.39 is 0 Å². The highest BCUT2D eigenvalue weighted by Gasteiger charge is 2.11. The normalized spacial score (nSPS) is 12.6. The topological polar surface area (TPSA) is 42.7 Å². The summed E-state index contributed by atoms with van der Waals surface area (Å²) >= 11 is 1.64. The molecule has 1 aromatic heterocycles. The van der Waals surface area contributed by atoms with Crippen LogP contribution in [0, 0.1) is 5.82 Å². The van der Waals surface area contributed by atoms with Gasteiger partial charge in [0.15, 0.2) is 0 Å². The van der Waals surface area contributed by atoms with E-state index in [4.69, 9.17) is 0 Å². The van der Waals surface area contributed by atoms with Gasteiger partial charge in [0.25, 0.3) is 0 Å².